The van der Waals surface area contributed by atoms with E-state index < -0.39 is 0 Å². The third kappa shape index (κ3) is 4.41. The van der Waals surface area contributed by atoms with Crippen LogP contribution in [0.3, 0.4) is 0 Å². The molecule has 3 rings (SSSR count). The first-order chi connectivity index (χ1) is 13.5. The van der Waals surface area contributed by atoms with Crippen LogP contribution in [0.2, 0.25) is 10.0 Å². The van der Waals surface area contributed by atoms with Crippen LogP contribution in [-0.2, 0) is 6.54 Å². The molecule has 0 heterocycles. The standard InChI is InChI=1S/C22H19Cl2NO3/c1-27-20-11-9-16(13-21(20)28-2)22(26)25(17-6-4-3-5-7-17)14-15-8-10-18(23)19(24)12-15/h3-13H,14H2,1-2H3. The van der Waals surface area contributed by atoms with Gasteiger partial charge in [-0.15, -0.1) is 0 Å². The monoisotopic (exact) mass is 415 g/mol. The number of hydrogen-bond acceptors (Lipinski definition) is 3. The molecule has 0 aliphatic carbocycles. The first kappa shape index (κ1) is 20.1. The smallest absolute Gasteiger partial charge is 0.258 e. The molecule has 1 amide bonds. The number of hydrogen-bond donors (Lipinski definition) is 0. The Morgan fingerprint density at radius 1 is 0.857 bits per heavy atom. The Balaban J connectivity index is 1.99. The van der Waals surface area contributed by atoms with Crippen LogP contribution in [0.15, 0.2) is 66.7 Å². The summed E-state index contributed by atoms with van der Waals surface area (Å²) in [7, 11) is 3.09. The molecule has 28 heavy (non-hydrogen) atoms. The predicted octanol–water partition coefficient (Wildman–Crippen LogP) is 5.86. The zero-order chi connectivity index (χ0) is 20.1. The fourth-order valence-electron chi connectivity index (χ4n) is 2.83. The lowest BCUT2D eigenvalue weighted by atomic mass is 10.1. The first-order valence-electron chi connectivity index (χ1n) is 8.56. The van der Waals surface area contributed by atoms with Gasteiger partial charge >= 0.3 is 0 Å². The lowest BCUT2D eigenvalue weighted by Crippen LogP contribution is -2.30. The molecule has 0 atom stereocenters. The van der Waals surface area contributed by atoms with Crippen molar-refractivity contribution < 1.29 is 14.3 Å². The lowest BCUT2D eigenvalue weighted by molar-refractivity contribution is 0.0984. The van der Waals surface area contributed by atoms with Crippen LogP contribution in [0.25, 0.3) is 0 Å². The van der Waals surface area contributed by atoms with Crippen molar-refractivity contribution in [2.75, 3.05) is 19.1 Å². The fourth-order valence-corrected chi connectivity index (χ4v) is 3.15. The van der Waals surface area contributed by atoms with Crippen molar-refractivity contribution in [2.24, 2.45) is 0 Å². The lowest BCUT2D eigenvalue weighted by Gasteiger charge is -2.24. The van der Waals surface area contributed by atoms with E-state index in [4.69, 9.17) is 32.7 Å². The molecule has 6 heteroatoms. The fraction of sp³-hybridized carbons (Fsp3) is 0.136. The maximum Gasteiger partial charge on any atom is 0.258 e. The van der Waals surface area contributed by atoms with E-state index in [1.807, 2.05) is 36.4 Å². The van der Waals surface area contributed by atoms with E-state index in [1.54, 1.807) is 42.3 Å². The van der Waals surface area contributed by atoms with E-state index in [9.17, 15) is 4.79 Å². The van der Waals surface area contributed by atoms with Gasteiger partial charge in [0.15, 0.2) is 11.5 Å². The summed E-state index contributed by atoms with van der Waals surface area (Å²) < 4.78 is 10.6. The minimum atomic E-state index is -0.168. The van der Waals surface area contributed by atoms with Crippen molar-refractivity contribution in [3.05, 3.63) is 87.9 Å². The second-order valence-electron chi connectivity index (χ2n) is 6.05. The summed E-state index contributed by atoms with van der Waals surface area (Å²) in [5.74, 6) is 0.893. The molecule has 144 valence electrons. The van der Waals surface area contributed by atoms with Crippen molar-refractivity contribution in [2.45, 2.75) is 6.54 Å². The van der Waals surface area contributed by atoms with Crippen molar-refractivity contribution in [1.29, 1.82) is 0 Å². The number of benzene rings is 3. The second-order valence-corrected chi connectivity index (χ2v) is 6.86. The number of methoxy groups -OCH3 is 2. The molecule has 0 bridgehead atoms. The first-order valence-corrected chi connectivity index (χ1v) is 9.32. The van der Waals surface area contributed by atoms with E-state index >= 15 is 0 Å². The Bertz CT molecular complexity index is 977. The summed E-state index contributed by atoms with van der Waals surface area (Å²) >= 11 is 12.2. The van der Waals surface area contributed by atoms with Crippen LogP contribution in [0.5, 0.6) is 11.5 Å². The predicted molar refractivity (Wildman–Crippen MR) is 113 cm³/mol. The number of amides is 1. The molecule has 4 nitrogen and oxygen atoms in total. The second kappa shape index (κ2) is 9.00. The van der Waals surface area contributed by atoms with Crippen molar-refractivity contribution in [3.8, 4) is 11.5 Å². The van der Waals surface area contributed by atoms with E-state index in [0.717, 1.165) is 11.3 Å². The van der Waals surface area contributed by atoms with Gasteiger partial charge in [-0.2, -0.15) is 0 Å². The third-order valence-corrected chi connectivity index (χ3v) is 5.01. The van der Waals surface area contributed by atoms with E-state index in [0.29, 0.717) is 33.7 Å². The normalized spacial score (nSPS) is 10.4. The maximum atomic E-state index is 13.3. The van der Waals surface area contributed by atoms with Gasteiger partial charge in [0.05, 0.1) is 30.8 Å². The Morgan fingerprint density at radius 3 is 2.21 bits per heavy atom. The molecule has 0 unspecified atom stereocenters. The number of carbonyl (C=O) groups excluding carboxylic acids is 1. The van der Waals surface area contributed by atoms with Gasteiger partial charge in [-0.05, 0) is 48.0 Å². The zero-order valence-corrected chi connectivity index (χ0v) is 17.0. The SMILES string of the molecule is COc1ccc(C(=O)N(Cc2ccc(Cl)c(Cl)c2)c2ccccc2)cc1OC. The summed E-state index contributed by atoms with van der Waals surface area (Å²) in [6, 6.07) is 19.9. The van der Waals surface area contributed by atoms with Gasteiger partial charge in [-0.3, -0.25) is 4.79 Å². The van der Waals surface area contributed by atoms with Crippen LogP contribution in [0.1, 0.15) is 15.9 Å². The number of nitrogens with zero attached hydrogens (tertiary/aromatic N) is 1. The number of rotatable bonds is 6. The number of anilines is 1. The highest BCUT2D eigenvalue weighted by atomic mass is 35.5. The number of carbonyl (C=O) groups is 1. The Morgan fingerprint density at radius 2 is 1.57 bits per heavy atom. The van der Waals surface area contributed by atoms with Gasteiger partial charge in [-0.1, -0.05) is 47.5 Å². The molecule has 0 saturated carbocycles. The molecule has 0 radical (unpaired) electrons. The average Bonchev–Trinajstić information content (AvgIpc) is 2.74. The molecule has 3 aromatic rings. The molecule has 0 fully saturated rings. The van der Waals surface area contributed by atoms with Crippen LogP contribution < -0.4 is 14.4 Å². The molecule has 0 spiro atoms. The van der Waals surface area contributed by atoms with Gasteiger partial charge in [0, 0.05) is 11.3 Å². The Kier molecular flexibility index (Phi) is 6.45. The van der Waals surface area contributed by atoms with Crippen LogP contribution >= 0.6 is 23.2 Å². The minimum Gasteiger partial charge on any atom is -0.493 e. The van der Waals surface area contributed by atoms with E-state index in [-0.39, 0.29) is 5.91 Å². The number of ether oxygens (including phenoxy) is 2. The molecule has 0 N–H and O–H groups in total. The highest BCUT2D eigenvalue weighted by molar-refractivity contribution is 6.42. The quantitative estimate of drug-likeness (QED) is 0.506. The summed E-state index contributed by atoms with van der Waals surface area (Å²) in [5, 5.41) is 0.925. The molecule has 0 aromatic heterocycles. The van der Waals surface area contributed by atoms with Gasteiger partial charge in [0.2, 0.25) is 0 Å². The minimum absolute atomic E-state index is 0.168. The summed E-state index contributed by atoms with van der Waals surface area (Å²) in [6.07, 6.45) is 0. The number of halogens is 2. The Hall–Kier alpha value is -2.69. The third-order valence-electron chi connectivity index (χ3n) is 4.27. The van der Waals surface area contributed by atoms with Gasteiger partial charge in [-0.25, -0.2) is 0 Å². The summed E-state index contributed by atoms with van der Waals surface area (Å²) in [6.45, 7) is 0.341. The molecule has 0 aliphatic heterocycles. The largest absolute Gasteiger partial charge is 0.493 e. The van der Waals surface area contributed by atoms with E-state index in [1.165, 1.54) is 7.11 Å². The molecular formula is C22H19Cl2NO3. The van der Waals surface area contributed by atoms with Crippen molar-refractivity contribution >= 4 is 34.8 Å². The van der Waals surface area contributed by atoms with Gasteiger partial charge < -0.3 is 14.4 Å². The highest BCUT2D eigenvalue weighted by Gasteiger charge is 2.20. The van der Waals surface area contributed by atoms with E-state index in [2.05, 4.69) is 0 Å². The van der Waals surface area contributed by atoms with Gasteiger partial charge in [0.1, 0.15) is 0 Å². The van der Waals surface area contributed by atoms with Gasteiger partial charge in [0.25, 0.3) is 5.91 Å². The van der Waals surface area contributed by atoms with Crippen LogP contribution in [0, 0.1) is 0 Å². The van der Waals surface area contributed by atoms with Crippen molar-refractivity contribution in [3.63, 3.8) is 0 Å². The Labute approximate surface area is 174 Å². The average molecular weight is 416 g/mol. The molecular weight excluding hydrogens is 397 g/mol. The van der Waals surface area contributed by atoms with Crippen molar-refractivity contribution in [1.82, 2.24) is 0 Å². The summed E-state index contributed by atoms with van der Waals surface area (Å²) in [5.41, 5.74) is 2.13. The van der Waals surface area contributed by atoms with Crippen LogP contribution in [0.4, 0.5) is 5.69 Å². The number of para-hydroxylation sites is 1. The highest BCUT2D eigenvalue weighted by Crippen LogP contribution is 2.30. The molecule has 0 saturated heterocycles. The maximum absolute atomic E-state index is 13.3. The summed E-state index contributed by atoms with van der Waals surface area (Å²) in [4.78, 5) is 15.0. The van der Waals surface area contributed by atoms with Crippen LogP contribution in [-0.4, -0.2) is 20.1 Å². The zero-order valence-electron chi connectivity index (χ0n) is 15.5. The molecule has 3 aromatic carbocycles. The molecule has 0 aliphatic rings. The topological polar surface area (TPSA) is 38.8 Å².